The van der Waals surface area contributed by atoms with Gasteiger partial charge in [-0.25, -0.2) is 9.79 Å². The number of benzene rings is 2. The first-order valence-electron chi connectivity index (χ1n) is 11.6. The zero-order chi connectivity index (χ0) is 27.6. The van der Waals surface area contributed by atoms with E-state index in [-0.39, 0.29) is 17.7 Å². The summed E-state index contributed by atoms with van der Waals surface area (Å²) in [6, 6.07) is 8.01. The highest BCUT2D eigenvalue weighted by Crippen LogP contribution is 2.38. The van der Waals surface area contributed by atoms with Crippen LogP contribution in [0.5, 0.6) is 23.0 Å². The van der Waals surface area contributed by atoms with Crippen molar-refractivity contribution < 1.29 is 28.5 Å². The molecule has 0 saturated carbocycles. The SMILES string of the molecule is CCOC(=O)C1=C(C)N=c2s/c(=C\c3cc(Br)c(OC)c(OC)c3)c(=O)n2C1c1cc(OC)ccc1OC. The molecule has 0 saturated heterocycles. The molecule has 1 unspecified atom stereocenters. The van der Waals surface area contributed by atoms with Crippen LogP contribution in [0.4, 0.5) is 0 Å². The van der Waals surface area contributed by atoms with E-state index in [4.69, 9.17) is 23.7 Å². The van der Waals surface area contributed by atoms with Crippen LogP contribution < -0.4 is 33.8 Å². The molecule has 1 aromatic heterocycles. The second-order valence-electron chi connectivity index (χ2n) is 8.15. The largest absolute Gasteiger partial charge is 0.497 e. The predicted molar refractivity (Wildman–Crippen MR) is 147 cm³/mol. The Morgan fingerprint density at radius 1 is 1.08 bits per heavy atom. The van der Waals surface area contributed by atoms with Gasteiger partial charge in [0.1, 0.15) is 17.5 Å². The maximum absolute atomic E-state index is 13.9. The molecule has 3 aromatic rings. The smallest absolute Gasteiger partial charge is 0.338 e. The number of fused-ring (bicyclic) bond motifs is 1. The quantitative estimate of drug-likeness (QED) is 0.363. The summed E-state index contributed by atoms with van der Waals surface area (Å²) in [5.74, 6) is 1.55. The van der Waals surface area contributed by atoms with Crippen LogP contribution in [0.3, 0.4) is 0 Å². The second-order valence-corrected chi connectivity index (χ2v) is 10.0. The van der Waals surface area contributed by atoms with Gasteiger partial charge in [-0.1, -0.05) is 11.3 Å². The molecule has 2 aromatic carbocycles. The highest BCUT2D eigenvalue weighted by atomic mass is 79.9. The minimum absolute atomic E-state index is 0.177. The van der Waals surface area contributed by atoms with E-state index >= 15 is 0 Å². The van der Waals surface area contributed by atoms with Gasteiger partial charge in [-0.2, -0.15) is 0 Å². The van der Waals surface area contributed by atoms with E-state index in [9.17, 15) is 9.59 Å². The summed E-state index contributed by atoms with van der Waals surface area (Å²) in [5.41, 5.74) is 1.69. The number of thiazole rings is 1. The Morgan fingerprint density at radius 2 is 1.82 bits per heavy atom. The topological polar surface area (TPSA) is 97.6 Å². The molecule has 0 fully saturated rings. The molecule has 0 bridgehead atoms. The third-order valence-electron chi connectivity index (χ3n) is 6.00. The van der Waals surface area contributed by atoms with E-state index in [0.717, 1.165) is 5.56 Å². The molecule has 0 N–H and O–H groups in total. The van der Waals surface area contributed by atoms with Gasteiger partial charge < -0.3 is 23.7 Å². The normalized spacial score (nSPS) is 15.0. The van der Waals surface area contributed by atoms with E-state index < -0.39 is 12.0 Å². The monoisotopic (exact) mass is 602 g/mol. The average Bonchev–Trinajstić information content (AvgIpc) is 3.21. The molecule has 4 rings (SSSR count). The maximum Gasteiger partial charge on any atom is 0.338 e. The van der Waals surface area contributed by atoms with Crippen molar-refractivity contribution in [2.24, 2.45) is 4.99 Å². The van der Waals surface area contributed by atoms with Crippen LogP contribution in [0, 0.1) is 0 Å². The minimum atomic E-state index is -0.838. The molecular formula is C27H27BrN2O7S. The van der Waals surface area contributed by atoms with Gasteiger partial charge in [0.05, 0.1) is 55.3 Å². The lowest BCUT2D eigenvalue weighted by Gasteiger charge is -2.26. The Kier molecular flexibility index (Phi) is 8.27. The van der Waals surface area contributed by atoms with Gasteiger partial charge in [-0.3, -0.25) is 9.36 Å². The second kappa shape index (κ2) is 11.4. The predicted octanol–water partition coefficient (Wildman–Crippen LogP) is 3.60. The number of allylic oxidation sites excluding steroid dienone is 1. The minimum Gasteiger partial charge on any atom is -0.497 e. The first kappa shape index (κ1) is 27.5. The van der Waals surface area contributed by atoms with Gasteiger partial charge in [0, 0.05) is 5.56 Å². The molecule has 1 atom stereocenters. The van der Waals surface area contributed by atoms with Crippen LogP contribution in [0.1, 0.15) is 31.0 Å². The summed E-state index contributed by atoms with van der Waals surface area (Å²) in [6.07, 6.45) is 1.75. The molecule has 0 aliphatic carbocycles. The maximum atomic E-state index is 13.9. The van der Waals surface area contributed by atoms with E-state index in [0.29, 0.717) is 48.1 Å². The first-order chi connectivity index (χ1) is 18.3. The van der Waals surface area contributed by atoms with Crippen molar-refractivity contribution in [2.45, 2.75) is 19.9 Å². The Hall–Kier alpha value is -3.57. The summed E-state index contributed by atoms with van der Waals surface area (Å²) in [4.78, 5) is 32.2. The van der Waals surface area contributed by atoms with Crippen molar-refractivity contribution >= 4 is 39.3 Å². The number of carbonyl (C=O) groups is 1. The van der Waals surface area contributed by atoms with Crippen molar-refractivity contribution in [3.8, 4) is 23.0 Å². The third kappa shape index (κ3) is 4.95. The fourth-order valence-corrected chi connectivity index (χ4v) is 5.98. The molecular weight excluding hydrogens is 576 g/mol. The standard InChI is InChI=1S/C27H27BrN2O7S/c1-7-37-26(32)22-14(2)29-27-30(23(22)17-13-16(33-3)8-9-19(17)34-4)25(31)21(38-27)12-15-10-18(28)24(36-6)20(11-15)35-5/h8-13,23H,7H2,1-6H3/b21-12-. The van der Waals surface area contributed by atoms with Gasteiger partial charge in [-0.15, -0.1) is 0 Å². The zero-order valence-electron chi connectivity index (χ0n) is 21.8. The number of halogens is 1. The number of hydrogen-bond donors (Lipinski definition) is 0. The van der Waals surface area contributed by atoms with Crippen molar-refractivity contribution in [1.29, 1.82) is 0 Å². The van der Waals surface area contributed by atoms with Crippen LogP contribution >= 0.6 is 27.3 Å². The highest BCUT2D eigenvalue weighted by molar-refractivity contribution is 9.10. The van der Waals surface area contributed by atoms with Gasteiger partial charge in [0.25, 0.3) is 5.56 Å². The van der Waals surface area contributed by atoms with Gasteiger partial charge in [0.15, 0.2) is 16.3 Å². The first-order valence-corrected chi connectivity index (χ1v) is 13.2. The molecule has 9 nitrogen and oxygen atoms in total. The van der Waals surface area contributed by atoms with Gasteiger partial charge >= 0.3 is 5.97 Å². The number of hydrogen-bond acceptors (Lipinski definition) is 9. The number of rotatable bonds is 8. The third-order valence-corrected chi connectivity index (χ3v) is 7.57. The lowest BCUT2D eigenvalue weighted by atomic mass is 9.94. The number of ether oxygens (including phenoxy) is 5. The molecule has 1 aliphatic heterocycles. The molecule has 200 valence electrons. The number of methoxy groups -OCH3 is 4. The van der Waals surface area contributed by atoms with Gasteiger partial charge in [0.2, 0.25) is 0 Å². The molecule has 2 heterocycles. The van der Waals surface area contributed by atoms with Crippen molar-refractivity contribution in [1.82, 2.24) is 4.57 Å². The van der Waals surface area contributed by atoms with Crippen LogP contribution in [-0.4, -0.2) is 45.6 Å². The Morgan fingerprint density at radius 3 is 2.45 bits per heavy atom. The van der Waals surface area contributed by atoms with E-state index in [2.05, 4.69) is 20.9 Å². The highest BCUT2D eigenvalue weighted by Gasteiger charge is 2.35. The Balaban J connectivity index is 2.00. The lowest BCUT2D eigenvalue weighted by Crippen LogP contribution is -2.40. The number of nitrogens with zero attached hydrogens (tertiary/aromatic N) is 2. The molecule has 1 aliphatic rings. The fraction of sp³-hybridized carbons (Fsp3) is 0.296. The zero-order valence-corrected chi connectivity index (χ0v) is 24.2. The number of aromatic nitrogens is 1. The number of esters is 1. The van der Waals surface area contributed by atoms with Crippen molar-refractivity contribution in [2.75, 3.05) is 35.0 Å². The Bertz CT molecular complexity index is 1610. The van der Waals surface area contributed by atoms with Crippen molar-refractivity contribution in [3.05, 3.63) is 76.9 Å². The summed E-state index contributed by atoms with van der Waals surface area (Å²) >= 11 is 4.72. The van der Waals surface area contributed by atoms with Crippen LogP contribution in [0.25, 0.3) is 6.08 Å². The summed E-state index contributed by atoms with van der Waals surface area (Å²) < 4.78 is 29.9. The van der Waals surface area contributed by atoms with Crippen LogP contribution in [0.15, 0.2) is 55.9 Å². The van der Waals surface area contributed by atoms with Crippen LogP contribution in [0.2, 0.25) is 0 Å². The molecule has 11 heteroatoms. The molecule has 0 radical (unpaired) electrons. The molecule has 0 spiro atoms. The molecule has 38 heavy (non-hydrogen) atoms. The average molecular weight is 603 g/mol. The fourth-order valence-electron chi connectivity index (χ4n) is 4.31. The van der Waals surface area contributed by atoms with E-state index in [1.54, 1.807) is 65.5 Å². The molecule has 0 amide bonds. The van der Waals surface area contributed by atoms with Crippen LogP contribution in [-0.2, 0) is 9.53 Å². The van der Waals surface area contributed by atoms with Crippen molar-refractivity contribution in [3.63, 3.8) is 0 Å². The Labute approximate surface area is 231 Å². The van der Waals surface area contributed by atoms with E-state index in [1.807, 2.05) is 6.07 Å². The van der Waals surface area contributed by atoms with Gasteiger partial charge in [-0.05, 0) is 71.7 Å². The summed E-state index contributed by atoms with van der Waals surface area (Å²) in [5, 5.41) is 0. The summed E-state index contributed by atoms with van der Waals surface area (Å²) in [7, 11) is 6.18. The summed E-state index contributed by atoms with van der Waals surface area (Å²) in [6.45, 7) is 3.63. The lowest BCUT2D eigenvalue weighted by molar-refractivity contribution is -0.139. The number of carbonyl (C=O) groups excluding carboxylic acids is 1. The van der Waals surface area contributed by atoms with E-state index in [1.165, 1.54) is 23.0 Å².